The first kappa shape index (κ1) is 19.6. The number of nitrogens with one attached hydrogen (secondary N) is 2. The number of benzene rings is 2. The van der Waals surface area contributed by atoms with E-state index in [1.807, 2.05) is 0 Å². The third-order valence-electron chi connectivity index (χ3n) is 4.87. The second-order valence-electron chi connectivity index (χ2n) is 6.93. The van der Waals surface area contributed by atoms with Crippen molar-refractivity contribution in [1.29, 1.82) is 0 Å². The van der Waals surface area contributed by atoms with Crippen LogP contribution in [0.3, 0.4) is 0 Å². The summed E-state index contributed by atoms with van der Waals surface area (Å²) >= 11 is 0. The minimum atomic E-state index is 0.850. The van der Waals surface area contributed by atoms with Crippen LogP contribution in [0.5, 0.6) is 0 Å². The highest BCUT2D eigenvalue weighted by atomic mass is 16.5. The van der Waals surface area contributed by atoms with E-state index in [9.17, 15) is 0 Å². The van der Waals surface area contributed by atoms with E-state index in [1.54, 1.807) is 0 Å². The van der Waals surface area contributed by atoms with E-state index in [-0.39, 0.29) is 0 Å². The standard InChI is InChI=1S/C22H32N4O/c1-2-23-22(24-11-5-13-26-14-16-27-17-15-26)25-12-10-19-8-9-20-6-3-4-7-21(20)18-19/h3-4,6-9,18H,2,5,10-17H2,1H3,(H2,23,24,25). The monoisotopic (exact) mass is 368 g/mol. The number of morpholine rings is 1. The van der Waals surface area contributed by atoms with Gasteiger partial charge in [-0.15, -0.1) is 0 Å². The van der Waals surface area contributed by atoms with E-state index in [1.165, 1.54) is 16.3 Å². The fourth-order valence-electron chi connectivity index (χ4n) is 3.37. The molecular formula is C22H32N4O. The van der Waals surface area contributed by atoms with E-state index in [2.05, 4.69) is 64.9 Å². The number of guanidine groups is 1. The van der Waals surface area contributed by atoms with Crippen LogP contribution in [0.2, 0.25) is 0 Å². The number of rotatable bonds is 8. The topological polar surface area (TPSA) is 48.9 Å². The Morgan fingerprint density at radius 2 is 1.89 bits per heavy atom. The maximum atomic E-state index is 5.39. The second-order valence-corrected chi connectivity index (χ2v) is 6.93. The summed E-state index contributed by atoms with van der Waals surface area (Å²) in [7, 11) is 0. The van der Waals surface area contributed by atoms with Gasteiger partial charge in [-0.25, -0.2) is 0 Å². The lowest BCUT2D eigenvalue weighted by molar-refractivity contribution is 0.0377. The number of fused-ring (bicyclic) bond motifs is 1. The van der Waals surface area contributed by atoms with Crippen LogP contribution >= 0.6 is 0 Å². The Morgan fingerprint density at radius 1 is 1.07 bits per heavy atom. The van der Waals surface area contributed by atoms with Crippen molar-refractivity contribution in [2.24, 2.45) is 4.99 Å². The van der Waals surface area contributed by atoms with Gasteiger partial charge in [0.1, 0.15) is 0 Å². The molecule has 0 amide bonds. The Kier molecular flexibility index (Phi) is 7.93. The largest absolute Gasteiger partial charge is 0.379 e. The Labute approximate surface area is 162 Å². The molecule has 1 saturated heterocycles. The van der Waals surface area contributed by atoms with Gasteiger partial charge in [0.2, 0.25) is 0 Å². The summed E-state index contributed by atoms with van der Waals surface area (Å²) in [6.07, 6.45) is 2.07. The molecule has 5 heteroatoms. The molecule has 0 atom stereocenters. The molecule has 2 aromatic carbocycles. The molecule has 0 unspecified atom stereocenters. The van der Waals surface area contributed by atoms with Gasteiger partial charge in [-0.05, 0) is 36.1 Å². The van der Waals surface area contributed by atoms with Gasteiger partial charge < -0.3 is 15.4 Å². The zero-order chi connectivity index (χ0) is 18.7. The number of nitrogens with zero attached hydrogens (tertiary/aromatic N) is 2. The van der Waals surface area contributed by atoms with E-state index >= 15 is 0 Å². The lowest BCUT2D eigenvalue weighted by Crippen LogP contribution is -2.39. The first-order valence-electron chi connectivity index (χ1n) is 10.1. The second kappa shape index (κ2) is 10.9. The molecule has 0 spiro atoms. The first-order valence-corrected chi connectivity index (χ1v) is 10.1. The van der Waals surface area contributed by atoms with Gasteiger partial charge >= 0.3 is 0 Å². The molecule has 2 N–H and O–H groups in total. The number of aliphatic imine (C=N–C) groups is 1. The van der Waals surface area contributed by atoms with Crippen LogP contribution < -0.4 is 10.6 Å². The Morgan fingerprint density at radius 3 is 2.70 bits per heavy atom. The van der Waals surface area contributed by atoms with Gasteiger partial charge in [-0.1, -0.05) is 42.5 Å². The van der Waals surface area contributed by atoms with Crippen LogP contribution in [0.25, 0.3) is 10.8 Å². The van der Waals surface area contributed by atoms with Crippen molar-refractivity contribution in [2.45, 2.75) is 19.8 Å². The van der Waals surface area contributed by atoms with Gasteiger partial charge in [-0.3, -0.25) is 9.89 Å². The highest BCUT2D eigenvalue weighted by molar-refractivity contribution is 5.83. The van der Waals surface area contributed by atoms with E-state index < -0.39 is 0 Å². The van der Waals surface area contributed by atoms with Gasteiger partial charge in [-0.2, -0.15) is 0 Å². The summed E-state index contributed by atoms with van der Waals surface area (Å²) in [6, 6.07) is 15.2. The molecule has 0 bridgehead atoms. The lowest BCUT2D eigenvalue weighted by Gasteiger charge is -2.26. The fraction of sp³-hybridized carbons (Fsp3) is 0.500. The van der Waals surface area contributed by atoms with Gasteiger partial charge in [0.15, 0.2) is 5.96 Å². The first-order chi connectivity index (χ1) is 13.3. The highest BCUT2D eigenvalue weighted by Crippen LogP contribution is 2.15. The molecule has 0 aliphatic carbocycles. The van der Waals surface area contributed by atoms with Crippen molar-refractivity contribution in [3.05, 3.63) is 48.0 Å². The fourth-order valence-corrected chi connectivity index (χ4v) is 3.37. The van der Waals surface area contributed by atoms with Crippen LogP contribution in [-0.4, -0.2) is 63.3 Å². The zero-order valence-electron chi connectivity index (χ0n) is 16.4. The van der Waals surface area contributed by atoms with Crippen LogP contribution in [0.1, 0.15) is 18.9 Å². The van der Waals surface area contributed by atoms with Crippen LogP contribution in [0.4, 0.5) is 0 Å². The molecule has 146 valence electrons. The van der Waals surface area contributed by atoms with E-state index in [4.69, 9.17) is 9.73 Å². The summed E-state index contributed by atoms with van der Waals surface area (Å²) in [5.41, 5.74) is 1.35. The summed E-state index contributed by atoms with van der Waals surface area (Å²) in [5, 5.41) is 9.40. The quantitative estimate of drug-likeness (QED) is 0.427. The number of ether oxygens (including phenoxy) is 1. The van der Waals surface area contributed by atoms with Crippen molar-refractivity contribution >= 4 is 16.7 Å². The summed E-state index contributed by atoms with van der Waals surface area (Å²) in [5.74, 6) is 0.917. The molecule has 0 aromatic heterocycles. The smallest absolute Gasteiger partial charge is 0.191 e. The molecule has 1 heterocycles. The van der Waals surface area contributed by atoms with Crippen LogP contribution in [0.15, 0.2) is 47.5 Å². The third-order valence-corrected chi connectivity index (χ3v) is 4.87. The van der Waals surface area contributed by atoms with Crippen LogP contribution in [0, 0.1) is 0 Å². The predicted molar refractivity (Wildman–Crippen MR) is 114 cm³/mol. The molecule has 0 radical (unpaired) electrons. The molecule has 1 aliphatic rings. The molecule has 3 rings (SSSR count). The Balaban J connectivity index is 1.42. The normalized spacial score (nSPS) is 15.8. The van der Waals surface area contributed by atoms with Crippen molar-refractivity contribution in [2.75, 3.05) is 52.5 Å². The van der Waals surface area contributed by atoms with Gasteiger partial charge in [0, 0.05) is 39.3 Å². The maximum Gasteiger partial charge on any atom is 0.191 e. The minimum absolute atomic E-state index is 0.850. The van der Waals surface area contributed by atoms with Crippen molar-refractivity contribution in [1.82, 2.24) is 15.5 Å². The van der Waals surface area contributed by atoms with E-state index in [0.717, 1.165) is 71.3 Å². The SMILES string of the molecule is CCNC(=NCCCN1CCOCC1)NCCc1ccc2ccccc2c1. The Hall–Kier alpha value is -2.11. The molecule has 0 saturated carbocycles. The molecular weight excluding hydrogens is 336 g/mol. The third kappa shape index (κ3) is 6.52. The van der Waals surface area contributed by atoms with Gasteiger partial charge in [0.05, 0.1) is 13.2 Å². The van der Waals surface area contributed by atoms with Crippen molar-refractivity contribution in [3.63, 3.8) is 0 Å². The summed E-state index contributed by atoms with van der Waals surface area (Å²) < 4.78 is 5.39. The predicted octanol–water partition coefficient (Wildman–Crippen LogP) is 2.66. The summed E-state index contributed by atoms with van der Waals surface area (Å²) in [4.78, 5) is 7.17. The van der Waals surface area contributed by atoms with Gasteiger partial charge in [0.25, 0.3) is 0 Å². The van der Waals surface area contributed by atoms with Crippen molar-refractivity contribution in [3.8, 4) is 0 Å². The van der Waals surface area contributed by atoms with Crippen molar-refractivity contribution < 1.29 is 4.74 Å². The Bertz CT molecular complexity index is 725. The summed E-state index contributed by atoms with van der Waals surface area (Å²) in [6.45, 7) is 9.64. The maximum absolute atomic E-state index is 5.39. The molecule has 27 heavy (non-hydrogen) atoms. The average molecular weight is 369 g/mol. The molecule has 1 fully saturated rings. The molecule has 2 aromatic rings. The minimum Gasteiger partial charge on any atom is -0.379 e. The molecule has 1 aliphatic heterocycles. The van der Waals surface area contributed by atoms with E-state index in [0.29, 0.717) is 0 Å². The number of hydrogen-bond acceptors (Lipinski definition) is 3. The average Bonchev–Trinajstić information content (AvgIpc) is 2.72. The highest BCUT2D eigenvalue weighted by Gasteiger charge is 2.09. The zero-order valence-corrected chi connectivity index (χ0v) is 16.4. The van der Waals surface area contributed by atoms with Crippen LogP contribution in [-0.2, 0) is 11.2 Å². The molecule has 5 nitrogen and oxygen atoms in total. The lowest BCUT2D eigenvalue weighted by atomic mass is 10.1. The number of hydrogen-bond donors (Lipinski definition) is 2.